The first-order chi connectivity index (χ1) is 14.7. The van der Waals surface area contributed by atoms with Crippen molar-refractivity contribution in [1.29, 1.82) is 0 Å². The fraction of sp³-hybridized carbons (Fsp3) is 0.704. The van der Waals surface area contributed by atoms with E-state index in [1.165, 1.54) is 24.8 Å². The molecule has 31 heavy (non-hydrogen) atoms. The number of carbonyl (C=O) groups is 2. The molecule has 6 rings (SSSR count). The van der Waals surface area contributed by atoms with Crippen molar-refractivity contribution in [2.45, 2.75) is 71.1 Å². The molecule has 1 aromatic carbocycles. The molecule has 1 aliphatic heterocycles. The maximum Gasteiger partial charge on any atom is 0.253 e. The van der Waals surface area contributed by atoms with Gasteiger partial charge in [-0.2, -0.15) is 0 Å². The Labute approximate surface area is 187 Å². The van der Waals surface area contributed by atoms with Gasteiger partial charge >= 0.3 is 0 Å². The lowest BCUT2D eigenvalue weighted by molar-refractivity contribution is -0.157. The van der Waals surface area contributed by atoms with Gasteiger partial charge in [0.2, 0.25) is 5.91 Å². The van der Waals surface area contributed by atoms with E-state index in [-0.39, 0.29) is 16.7 Å². The normalized spacial score (nSPS) is 32.8. The van der Waals surface area contributed by atoms with Gasteiger partial charge in [-0.25, -0.2) is 0 Å². The Morgan fingerprint density at radius 3 is 1.87 bits per heavy atom. The van der Waals surface area contributed by atoms with Crippen LogP contribution in [-0.4, -0.2) is 47.8 Å². The highest BCUT2D eigenvalue weighted by atomic mass is 16.2. The minimum absolute atomic E-state index is 0.0727. The molecule has 0 spiro atoms. The summed E-state index contributed by atoms with van der Waals surface area (Å²) < 4.78 is 0. The number of hydrogen-bond acceptors (Lipinski definition) is 2. The smallest absolute Gasteiger partial charge is 0.253 e. The van der Waals surface area contributed by atoms with Crippen LogP contribution in [0, 0.1) is 23.2 Å². The van der Waals surface area contributed by atoms with Crippen molar-refractivity contribution in [3.05, 3.63) is 35.4 Å². The maximum atomic E-state index is 13.7. The Morgan fingerprint density at radius 1 is 0.806 bits per heavy atom. The lowest BCUT2D eigenvalue weighted by Gasteiger charge is -2.56. The average Bonchev–Trinajstić information content (AvgIpc) is 2.97. The highest BCUT2D eigenvalue weighted by Gasteiger charge is 2.55. The van der Waals surface area contributed by atoms with E-state index in [9.17, 15) is 9.59 Å². The summed E-state index contributed by atoms with van der Waals surface area (Å²) in [6, 6.07) is 8.08. The average molecular weight is 423 g/mol. The zero-order chi connectivity index (χ0) is 21.8. The van der Waals surface area contributed by atoms with Crippen molar-refractivity contribution in [1.82, 2.24) is 9.80 Å². The molecule has 4 saturated carbocycles. The van der Waals surface area contributed by atoms with Crippen molar-refractivity contribution in [2.24, 2.45) is 23.2 Å². The molecular formula is C27H38N2O2. The zero-order valence-corrected chi connectivity index (χ0v) is 19.5. The Kier molecular flexibility index (Phi) is 5.18. The molecule has 2 amide bonds. The number of nitrogens with zero attached hydrogens (tertiary/aromatic N) is 2. The molecule has 0 atom stereocenters. The van der Waals surface area contributed by atoms with E-state index >= 15 is 0 Å². The number of hydrogen-bond donors (Lipinski definition) is 0. The van der Waals surface area contributed by atoms with Crippen LogP contribution in [0.15, 0.2) is 24.3 Å². The van der Waals surface area contributed by atoms with Crippen LogP contribution < -0.4 is 0 Å². The van der Waals surface area contributed by atoms with Gasteiger partial charge in [-0.15, -0.1) is 0 Å². The summed E-state index contributed by atoms with van der Waals surface area (Å²) in [5.41, 5.74) is 2.01. The van der Waals surface area contributed by atoms with Crippen LogP contribution in [0.5, 0.6) is 0 Å². The zero-order valence-electron chi connectivity index (χ0n) is 19.5. The van der Waals surface area contributed by atoms with Gasteiger partial charge in [-0.1, -0.05) is 32.9 Å². The second kappa shape index (κ2) is 7.64. The van der Waals surface area contributed by atoms with Gasteiger partial charge in [0.25, 0.3) is 5.91 Å². The molecule has 5 fully saturated rings. The van der Waals surface area contributed by atoms with E-state index in [1.807, 2.05) is 17.0 Å². The van der Waals surface area contributed by atoms with Crippen molar-refractivity contribution in [3.8, 4) is 0 Å². The summed E-state index contributed by atoms with van der Waals surface area (Å²) >= 11 is 0. The van der Waals surface area contributed by atoms with E-state index in [0.717, 1.165) is 62.1 Å². The predicted octanol–water partition coefficient (Wildman–Crippen LogP) is 4.88. The molecule has 168 valence electrons. The quantitative estimate of drug-likeness (QED) is 0.682. The summed E-state index contributed by atoms with van der Waals surface area (Å²) in [5.74, 6) is 2.88. The van der Waals surface area contributed by atoms with Crippen LogP contribution in [-0.2, 0) is 10.2 Å². The third-order valence-electron chi connectivity index (χ3n) is 8.56. The van der Waals surface area contributed by atoms with E-state index < -0.39 is 0 Å². The number of benzene rings is 1. The summed E-state index contributed by atoms with van der Waals surface area (Å²) in [6.45, 7) is 9.44. The molecule has 0 N–H and O–H groups in total. The van der Waals surface area contributed by atoms with Crippen LogP contribution in [0.25, 0.3) is 0 Å². The first-order valence-electron chi connectivity index (χ1n) is 12.4. The minimum atomic E-state index is -0.0727. The monoisotopic (exact) mass is 422 g/mol. The van der Waals surface area contributed by atoms with Crippen molar-refractivity contribution >= 4 is 11.8 Å². The molecule has 1 saturated heterocycles. The lowest BCUT2D eigenvalue weighted by Crippen LogP contribution is -2.55. The molecule has 0 unspecified atom stereocenters. The second-order valence-electron chi connectivity index (χ2n) is 12.0. The maximum absolute atomic E-state index is 13.7. The summed E-state index contributed by atoms with van der Waals surface area (Å²) in [5, 5.41) is 0. The predicted molar refractivity (Wildman–Crippen MR) is 123 cm³/mol. The van der Waals surface area contributed by atoms with Gasteiger partial charge < -0.3 is 9.80 Å². The minimum Gasteiger partial charge on any atom is -0.340 e. The summed E-state index contributed by atoms with van der Waals surface area (Å²) in [4.78, 5) is 30.9. The SMILES string of the molecule is CC(C)(C)c1ccc(C(=O)N2CCCN(C(=O)C34CC5CC(CC(C5)C3)C4)CC2)cc1. The van der Waals surface area contributed by atoms with E-state index in [2.05, 4.69) is 37.8 Å². The molecule has 1 heterocycles. The Balaban J connectivity index is 1.24. The number of carbonyl (C=O) groups excluding carboxylic acids is 2. The topological polar surface area (TPSA) is 40.6 Å². The molecule has 1 aromatic rings. The van der Waals surface area contributed by atoms with Crippen molar-refractivity contribution in [3.63, 3.8) is 0 Å². The van der Waals surface area contributed by atoms with E-state index in [1.54, 1.807) is 0 Å². The highest BCUT2D eigenvalue weighted by molar-refractivity contribution is 5.94. The molecule has 0 radical (unpaired) electrons. The summed E-state index contributed by atoms with van der Waals surface area (Å²) in [7, 11) is 0. The highest BCUT2D eigenvalue weighted by Crippen LogP contribution is 2.60. The Hall–Kier alpha value is -1.84. The Morgan fingerprint density at radius 2 is 1.32 bits per heavy atom. The molecule has 5 aliphatic rings. The number of amides is 2. The lowest BCUT2D eigenvalue weighted by atomic mass is 9.49. The van der Waals surface area contributed by atoms with Gasteiger partial charge in [0.1, 0.15) is 0 Å². The van der Waals surface area contributed by atoms with Crippen LogP contribution in [0.2, 0.25) is 0 Å². The first kappa shape index (κ1) is 21.0. The van der Waals surface area contributed by atoms with Crippen LogP contribution >= 0.6 is 0 Å². The van der Waals surface area contributed by atoms with E-state index in [0.29, 0.717) is 19.0 Å². The van der Waals surface area contributed by atoms with Crippen LogP contribution in [0.4, 0.5) is 0 Å². The number of rotatable bonds is 2. The van der Waals surface area contributed by atoms with Crippen molar-refractivity contribution < 1.29 is 9.59 Å². The van der Waals surface area contributed by atoms with Gasteiger partial charge in [0.15, 0.2) is 0 Å². The molecule has 4 nitrogen and oxygen atoms in total. The summed E-state index contributed by atoms with van der Waals surface area (Å²) in [6.07, 6.45) is 8.34. The van der Waals surface area contributed by atoms with Gasteiger partial charge in [0.05, 0.1) is 5.41 Å². The molecule has 4 aliphatic carbocycles. The Bertz CT molecular complexity index is 816. The third-order valence-corrected chi connectivity index (χ3v) is 8.56. The first-order valence-corrected chi connectivity index (χ1v) is 12.4. The second-order valence-corrected chi connectivity index (χ2v) is 12.0. The molecule has 0 aromatic heterocycles. The van der Waals surface area contributed by atoms with Crippen LogP contribution in [0.3, 0.4) is 0 Å². The van der Waals surface area contributed by atoms with E-state index in [4.69, 9.17) is 0 Å². The van der Waals surface area contributed by atoms with Crippen LogP contribution in [0.1, 0.15) is 81.6 Å². The fourth-order valence-electron chi connectivity index (χ4n) is 7.33. The molecular weight excluding hydrogens is 384 g/mol. The van der Waals surface area contributed by atoms with Gasteiger partial charge in [-0.3, -0.25) is 9.59 Å². The van der Waals surface area contributed by atoms with Gasteiger partial charge in [0, 0.05) is 31.7 Å². The largest absolute Gasteiger partial charge is 0.340 e. The molecule has 4 bridgehead atoms. The fourth-order valence-corrected chi connectivity index (χ4v) is 7.33. The third kappa shape index (κ3) is 3.91. The standard InChI is InChI=1S/C27H38N2O2/c1-26(2,3)23-7-5-22(6-8-23)24(30)28-9-4-10-29(12-11-28)25(31)27-16-19-13-20(17-27)15-21(14-19)18-27/h5-8,19-21H,4,9-18H2,1-3H3. The van der Waals surface area contributed by atoms with Gasteiger partial charge in [-0.05, 0) is 85.8 Å². The molecule has 4 heteroatoms. The van der Waals surface area contributed by atoms with Crippen molar-refractivity contribution in [2.75, 3.05) is 26.2 Å².